The second-order valence-electron chi connectivity index (χ2n) is 4.87. The van der Waals surface area contributed by atoms with E-state index in [-0.39, 0.29) is 12.0 Å². The van der Waals surface area contributed by atoms with Gasteiger partial charge in [0.2, 0.25) is 0 Å². The average molecular weight is 263 g/mol. The molecular weight excluding hydrogens is 242 g/mol. The van der Waals surface area contributed by atoms with Crippen molar-refractivity contribution < 1.29 is 9.90 Å². The second-order valence-corrected chi connectivity index (χ2v) is 4.87. The van der Waals surface area contributed by atoms with Crippen LogP contribution in [0.2, 0.25) is 0 Å². The van der Waals surface area contributed by atoms with Crippen molar-refractivity contribution in [3.05, 3.63) is 24.0 Å². The maximum atomic E-state index is 12.5. The number of aliphatic hydroxyl groups is 1. The number of pyridine rings is 1. The summed E-state index contributed by atoms with van der Waals surface area (Å²) in [5.74, 6) is 0.0212. The summed E-state index contributed by atoms with van der Waals surface area (Å²) in [6, 6.07) is 1.76. The number of carbonyl (C=O) groups excluding carboxylic acids is 1. The van der Waals surface area contributed by atoms with Crippen LogP contribution in [-0.4, -0.2) is 46.6 Å². The van der Waals surface area contributed by atoms with Crippen LogP contribution in [0.1, 0.15) is 36.5 Å². The Morgan fingerprint density at radius 1 is 1.53 bits per heavy atom. The van der Waals surface area contributed by atoms with E-state index in [1.165, 1.54) is 0 Å². The molecule has 104 valence electrons. The first-order valence-corrected chi connectivity index (χ1v) is 6.87. The zero-order valence-electron chi connectivity index (χ0n) is 11.3. The van der Waals surface area contributed by atoms with Gasteiger partial charge in [-0.15, -0.1) is 0 Å². The molecule has 1 amide bonds. The zero-order chi connectivity index (χ0) is 13.7. The van der Waals surface area contributed by atoms with Crippen LogP contribution in [0, 0.1) is 0 Å². The fraction of sp³-hybridized carbons (Fsp3) is 0.571. The van der Waals surface area contributed by atoms with Gasteiger partial charge in [-0.1, -0.05) is 6.92 Å². The Kier molecular flexibility index (Phi) is 4.74. The van der Waals surface area contributed by atoms with E-state index in [9.17, 15) is 9.90 Å². The van der Waals surface area contributed by atoms with Gasteiger partial charge in [0, 0.05) is 25.8 Å². The molecule has 1 aliphatic rings. The first-order valence-electron chi connectivity index (χ1n) is 6.87. The van der Waals surface area contributed by atoms with Gasteiger partial charge in [0.05, 0.1) is 23.6 Å². The largest absolute Gasteiger partial charge is 0.393 e. The van der Waals surface area contributed by atoms with Crippen molar-refractivity contribution in [1.82, 2.24) is 9.88 Å². The minimum absolute atomic E-state index is 0.0212. The lowest BCUT2D eigenvalue weighted by molar-refractivity contribution is 0.0547. The zero-order valence-corrected chi connectivity index (χ0v) is 11.3. The number of anilines is 1. The standard InChI is InChI=1S/C14H21N3O2/c1-2-6-16-13-10-15-7-3-12(13)14(19)17-8-4-11(18)5-9-17/h3,7,10-11,16,18H,2,4-6,8-9H2,1H3. The smallest absolute Gasteiger partial charge is 0.256 e. The van der Waals surface area contributed by atoms with E-state index in [1.54, 1.807) is 23.4 Å². The minimum atomic E-state index is -0.265. The highest BCUT2D eigenvalue weighted by Gasteiger charge is 2.23. The molecule has 1 aromatic rings. The highest BCUT2D eigenvalue weighted by atomic mass is 16.3. The van der Waals surface area contributed by atoms with Crippen LogP contribution >= 0.6 is 0 Å². The predicted molar refractivity (Wildman–Crippen MR) is 74.2 cm³/mol. The molecule has 5 heteroatoms. The summed E-state index contributed by atoms with van der Waals surface area (Å²) in [5.41, 5.74) is 1.46. The van der Waals surface area contributed by atoms with Crippen molar-refractivity contribution in [2.75, 3.05) is 25.0 Å². The maximum absolute atomic E-state index is 12.5. The van der Waals surface area contributed by atoms with Gasteiger partial charge < -0.3 is 15.3 Å². The lowest BCUT2D eigenvalue weighted by Crippen LogP contribution is -2.40. The van der Waals surface area contributed by atoms with E-state index < -0.39 is 0 Å². The van der Waals surface area contributed by atoms with E-state index in [1.807, 2.05) is 0 Å². The van der Waals surface area contributed by atoms with Crippen LogP contribution < -0.4 is 5.32 Å². The molecule has 0 radical (unpaired) electrons. The number of carbonyl (C=O) groups is 1. The molecule has 1 fully saturated rings. The molecule has 1 saturated heterocycles. The lowest BCUT2D eigenvalue weighted by atomic mass is 10.1. The molecule has 0 unspecified atom stereocenters. The van der Waals surface area contributed by atoms with Gasteiger partial charge in [0.25, 0.3) is 5.91 Å². The number of hydrogen-bond acceptors (Lipinski definition) is 4. The molecule has 2 heterocycles. The van der Waals surface area contributed by atoms with Crippen LogP contribution in [0.3, 0.4) is 0 Å². The van der Waals surface area contributed by atoms with E-state index in [0.29, 0.717) is 31.5 Å². The molecule has 1 aromatic heterocycles. The topological polar surface area (TPSA) is 65.5 Å². The molecule has 0 saturated carbocycles. The van der Waals surface area contributed by atoms with Crippen molar-refractivity contribution in [3.63, 3.8) is 0 Å². The lowest BCUT2D eigenvalue weighted by Gasteiger charge is -2.30. The summed E-state index contributed by atoms with van der Waals surface area (Å²) in [6.45, 7) is 4.15. The molecule has 0 aliphatic carbocycles. The first-order chi connectivity index (χ1) is 9.22. The highest BCUT2D eigenvalue weighted by molar-refractivity contribution is 5.99. The van der Waals surface area contributed by atoms with Gasteiger partial charge in [0.1, 0.15) is 0 Å². The van der Waals surface area contributed by atoms with Crippen LogP contribution in [0.4, 0.5) is 5.69 Å². The fourth-order valence-electron chi connectivity index (χ4n) is 2.22. The molecule has 0 spiro atoms. The molecule has 0 bridgehead atoms. The third-order valence-electron chi connectivity index (χ3n) is 3.37. The number of hydrogen-bond donors (Lipinski definition) is 2. The summed E-state index contributed by atoms with van der Waals surface area (Å²) >= 11 is 0. The quantitative estimate of drug-likeness (QED) is 0.864. The maximum Gasteiger partial charge on any atom is 0.256 e. The summed E-state index contributed by atoms with van der Waals surface area (Å²) in [6.07, 6.45) is 5.39. The van der Waals surface area contributed by atoms with E-state index >= 15 is 0 Å². The van der Waals surface area contributed by atoms with Gasteiger partial charge in [-0.2, -0.15) is 0 Å². The van der Waals surface area contributed by atoms with E-state index in [4.69, 9.17) is 0 Å². The summed E-state index contributed by atoms with van der Waals surface area (Å²) in [4.78, 5) is 18.3. The Morgan fingerprint density at radius 2 is 2.26 bits per heavy atom. The Balaban J connectivity index is 2.09. The number of likely N-dealkylation sites (tertiary alicyclic amines) is 1. The first kappa shape index (κ1) is 13.8. The Labute approximate surface area is 113 Å². The van der Waals surface area contributed by atoms with Crippen molar-refractivity contribution in [3.8, 4) is 0 Å². The number of aliphatic hydroxyl groups excluding tert-OH is 1. The van der Waals surface area contributed by atoms with Crippen LogP contribution in [0.5, 0.6) is 0 Å². The number of rotatable bonds is 4. The Hall–Kier alpha value is -1.62. The normalized spacial score (nSPS) is 16.4. The van der Waals surface area contributed by atoms with Crippen molar-refractivity contribution in [1.29, 1.82) is 0 Å². The highest BCUT2D eigenvalue weighted by Crippen LogP contribution is 2.19. The Morgan fingerprint density at radius 3 is 2.95 bits per heavy atom. The monoisotopic (exact) mass is 263 g/mol. The second kappa shape index (κ2) is 6.52. The van der Waals surface area contributed by atoms with Gasteiger partial charge in [-0.05, 0) is 25.3 Å². The third-order valence-corrected chi connectivity index (χ3v) is 3.37. The van der Waals surface area contributed by atoms with E-state index in [2.05, 4.69) is 17.2 Å². The summed E-state index contributed by atoms with van der Waals surface area (Å²) in [7, 11) is 0. The molecule has 1 aliphatic heterocycles. The molecule has 0 atom stereocenters. The van der Waals surface area contributed by atoms with Crippen LogP contribution in [0.15, 0.2) is 18.5 Å². The molecule has 2 N–H and O–H groups in total. The van der Waals surface area contributed by atoms with Gasteiger partial charge in [-0.25, -0.2) is 0 Å². The van der Waals surface area contributed by atoms with Crippen molar-refractivity contribution in [2.45, 2.75) is 32.3 Å². The molecule has 5 nitrogen and oxygen atoms in total. The minimum Gasteiger partial charge on any atom is -0.393 e. The molecule has 0 aromatic carbocycles. The number of nitrogens with one attached hydrogen (secondary N) is 1. The summed E-state index contributed by atoms with van der Waals surface area (Å²) in [5, 5.41) is 12.7. The molecule has 2 rings (SSSR count). The molecular formula is C14H21N3O2. The average Bonchev–Trinajstić information content (AvgIpc) is 2.45. The fourth-order valence-corrected chi connectivity index (χ4v) is 2.22. The van der Waals surface area contributed by atoms with Gasteiger partial charge in [0.15, 0.2) is 0 Å². The number of aromatic nitrogens is 1. The van der Waals surface area contributed by atoms with Crippen molar-refractivity contribution in [2.24, 2.45) is 0 Å². The number of piperidine rings is 1. The van der Waals surface area contributed by atoms with E-state index in [0.717, 1.165) is 18.7 Å². The Bertz CT molecular complexity index is 428. The van der Waals surface area contributed by atoms with Gasteiger partial charge in [-0.3, -0.25) is 9.78 Å². The third kappa shape index (κ3) is 3.44. The summed E-state index contributed by atoms with van der Waals surface area (Å²) < 4.78 is 0. The number of nitrogens with zero attached hydrogens (tertiary/aromatic N) is 2. The van der Waals surface area contributed by atoms with Gasteiger partial charge >= 0.3 is 0 Å². The number of amides is 1. The van der Waals surface area contributed by atoms with Crippen LogP contribution in [0.25, 0.3) is 0 Å². The van der Waals surface area contributed by atoms with Crippen LogP contribution in [-0.2, 0) is 0 Å². The SMILES string of the molecule is CCCNc1cnccc1C(=O)N1CCC(O)CC1. The molecule has 19 heavy (non-hydrogen) atoms. The predicted octanol–water partition coefficient (Wildman–Crippen LogP) is 1.50. The van der Waals surface area contributed by atoms with Crippen molar-refractivity contribution >= 4 is 11.6 Å².